The highest BCUT2D eigenvalue weighted by molar-refractivity contribution is 14.0. The molecule has 1 unspecified atom stereocenters. The van der Waals surface area contributed by atoms with E-state index >= 15 is 0 Å². The fourth-order valence-electron chi connectivity index (χ4n) is 3.26. The van der Waals surface area contributed by atoms with Crippen LogP contribution in [0.4, 0.5) is 5.69 Å². The molecule has 2 aliphatic heterocycles. The molecule has 2 aliphatic rings. The van der Waals surface area contributed by atoms with E-state index in [0.717, 1.165) is 51.6 Å². The van der Waals surface area contributed by atoms with E-state index in [4.69, 9.17) is 9.73 Å². The number of benzene rings is 1. The highest BCUT2D eigenvalue weighted by Crippen LogP contribution is 2.23. The second-order valence-electron chi connectivity index (χ2n) is 6.99. The lowest BCUT2D eigenvalue weighted by atomic mass is 10.0. The van der Waals surface area contributed by atoms with Crippen LogP contribution >= 0.6 is 24.0 Å². The van der Waals surface area contributed by atoms with E-state index in [0.29, 0.717) is 6.54 Å². The number of hydrogen-bond acceptors (Lipinski definition) is 3. The van der Waals surface area contributed by atoms with E-state index in [9.17, 15) is 0 Å². The summed E-state index contributed by atoms with van der Waals surface area (Å²) in [5.74, 6) is 0.854. The van der Waals surface area contributed by atoms with Crippen molar-refractivity contribution in [2.75, 3.05) is 37.7 Å². The SMILES string of the molecule is CCNC(=NCc1ccc(N2CC=CC2)cc1)NCC1(C)CCCO1.I. The molecule has 2 N–H and O–H groups in total. The van der Waals surface area contributed by atoms with Gasteiger partial charge in [-0.1, -0.05) is 24.3 Å². The monoisotopic (exact) mass is 470 g/mol. The summed E-state index contributed by atoms with van der Waals surface area (Å²) in [6.45, 7) is 9.45. The van der Waals surface area contributed by atoms with E-state index < -0.39 is 0 Å². The first-order chi connectivity index (χ1) is 12.2. The number of ether oxygens (including phenoxy) is 1. The van der Waals surface area contributed by atoms with Gasteiger partial charge in [0, 0.05) is 38.5 Å². The number of halogens is 1. The number of anilines is 1. The molecule has 1 aromatic rings. The summed E-state index contributed by atoms with van der Waals surface area (Å²) in [5.41, 5.74) is 2.42. The number of nitrogens with zero attached hydrogens (tertiary/aromatic N) is 2. The number of nitrogens with one attached hydrogen (secondary N) is 2. The van der Waals surface area contributed by atoms with E-state index in [-0.39, 0.29) is 29.6 Å². The molecule has 144 valence electrons. The van der Waals surface area contributed by atoms with E-state index in [1.54, 1.807) is 0 Å². The third-order valence-corrected chi connectivity index (χ3v) is 4.81. The Morgan fingerprint density at radius 3 is 2.54 bits per heavy atom. The van der Waals surface area contributed by atoms with Gasteiger partial charge in [0.15, 0.2) is 5.96 Å². The number of guanidine groups is 1. The lowest BCUT2D eigenvalue weighted by Gasteiger charge is -2.24. The minimum absolute atomic E-state index is 0. The number of hydrogen-bond donors (Lipinski definition) is 2. The summed E-state index contributed by atoms with van der Waals surface area (Å²) in [6, 6.07) is 8.71. The van der Waals surface area contributed by atoms with Crippen molar-refractivity contribution in [2.45, 2.75) is 38.8 Å². The highest BCUT2D eigenvalue weighted by atomic mass is 127. The van der Waals surface area contributed by atoms with Crippen molar-refractivity contribution in [3.63, 3.8) is 0 Å². The van der Waals surface area contributed by atoms with Crippen molar-refractivity contribution in [1.29, 1.82) is 0 Å². The maximum absolute atomic E-state index is 5.84. The summed E-state index contributed by atoms with van der Waals surface area (Å²) in [6.07, 6.45) is 6.67. The maximum atomic E-state index is 5.84. The fraction of sp³-hybridized carbons (Fsp3) is 0.550. The van der Waals surface area contributed by atoms with Crippen LogP contribution in [0.5, 0.6) is 0 Å². The molecule has 6 heteroatoms. The van der Waals surface area contributed by atoms with Crippen molar-refractivity contribution in [1.82, 2.24) is 10.6 Å². The minimum Gasteiger partial charge on any atom is -0.373 e. The van der Waals surface area contributed by atoms with Gasteiger partial charge in [-0.3, -0.25) is 0 Å². The molecule has 0 saturated carbocycles. The van der Waals surface area contributed by atoms with Crippen LogP contribution in [0, 0.1) is 0 Å². The van der Waals surface area contributed by atoms with Gasteiger partial charge in [-0.15, -0.1) is 24.0 Å². The van der Waals surface area contributed by atoms with Crippen LogP contribution < -0.4 is 15.5 Å². The van der Waals surface area contributed by atoms with Crippen molar-refractivity contribution >= 4 is 35.6 Å². The number of aliphatic imine (C=N–C) groups is 1. The summed E-state index contributed by atoms with van der Waals surface area (Å²) in [7, 11) is 0. The molecule has 0 aliphatic carbocycles. The molecular formula is C20H31IN4O. The summed E-state index contributed by atoms with van der Waals surface area (Å²) >= 11 is 0. The van der Waals surface area contributed by atoms with Crippen molar-refractivity contribution < 1.29 is 4.74 Å². The predicted molar refractivity (Wildman–Crippen MR) is 120 cm³/mol. The Morgan fingerprint density at radius 2 is 1.92 bits per heavy atom. The van der Waals surface area contributed by atoms with E-state index in [1.165, 1.54) is 11.3 Å². The first-order valence-corrected chi connectivity index (χ1v) is 9.33. The van der Waals surface area contributed by atoms with Gasteiger partial charge in [0.05, 0.1) is 12.1 Å². The van der Waals surface area contributed by atoms with Crippen LogP contribution in [-0.4, -0.2) is 44.3 Å². The first-order valence-electron chi connectivity index (χ1n) is 9.33. The molecule has 1 fully saturated rings. The van der Waals surface area contributed by atoms with Gasteiger partial charge in [-0.05, 0) is 44.4 Å². The fourth-order valence-corrected chi connectivity index (χ4v) is 3.26. The van der Waals surface area contributed by atoms with Gasteiger partial charge < -0.3 is 20.3 Å². The van der Waals surface area contributed by atoms with E-state index in [1.807, 2.05) is 0 Å². The van der Waals surface area contributed by atoms with Crippen LogP contribution in [0.3, 0.4) is 0 Å². The Kier molecular flexibility index (Phi) is 8.21. The zero-order valence-corrected chi connectivity index (χ0v) is 18.2. The van der Waals surface area contributed by atoms with Crippen LogP contribution in [0.2, 0.25) is 0 Å². The molecule has 0 radical (unpaired) electrons. The minimum atomic E-state index is -0.0679. The van der Waals surface area contributed by atoms with Crippen molar-refractivity contribution in [3.05, 3.63) is 42.0 Å². The molecule has 0 aromatic heterocycles. The Morgan fingerprint density at radius 1 is 1.19 bits per heavy atom. The zero-order chi connectivity index (χ0) is 17.5. The lowest BCUT2D eigenvalue weighted by Crippen LogP contribution is -2.45. The standard InChI is InChI=1S/C20H30N4O.HI/c1-3-21-19(23-16-20(2)11-6-14-25-20)22-15-17-7-9-18(10-8-17)24-12-4-5-13-24;/h4-5,7-10H,3,6,11-16H2,1-2H3,(H2,21,22,23);1H. The highest BCUT2D eigenvalue weighted by Gasteiger charge is 2.29. The van der Waals surface area contributed by atoms with Gasteiger partial charge in [0.2, 0.25) is 0 Å². The van der Waals surface area contributed by atoms with Gasteiger partial charge in [0.1, 0.15) is 0 Å². The largest absolute Gasteiger partial charge is 0.373 e. The molecule has 0 spiro atoms. The molecule has 1 atom stereocenters. The molecule has 3 rings (SSSR count). The van der Waals surface area contributed by atoms with Gasteiger partial charge >= 0.3 is 0 Å². The smallest absolute Gasteiger partial charge is 0.191 e. The quantitative estimate of drug-likeness (QED) is 0.290. The Labute approximate surface area is 174 Å². The summed E-state index contributed by atoms with van der Waals surface area (Å²) in [4.78, 5) is 7.06. The van der Waals surface area contributed by atoms with Gasteiger partial charge in [0.25, 0.3) is 0 Å². The van der Waals surface area contributed by atoms with E-state index in [2.05, 4.69) is 65.8 Å². The average Bonchev–Trinajstić information content (AvgIpc) is 3.30. The first kappa shape index (κ1) is 21.0. The van der Waals surface area contributed by atoms with Crippen LogP contribution in [0.1, 0.15) is 32.3 Å². The lowest BCUT2D eigenvalue weighted by molar-refractivity contribution is 0.0243. The molecular weight excluding hydrogens is 439 g/mol. The third kappa shape index (κ3) is 5.87. The predicted octanol–water partition coefficient (Wildman–Crippen LogP) is 3.31. The molecule has 0 bridgehead atoms. The van der Waals surface area contributed by atoms with Gasteiger partial charge in [-0.25, -0.2) is 4.99 Å². The second-order valence-corrected chi connectivity index (χ2v) is 6.99. The second kappa shape index (κ2) is 10.2. The van der Waals surface area contributed by atoms with Crippen LogP contribution in [0.25, 0.3) is 0 Å². The van der Waals surface area contributed by atoms with Crippen LogP contribution in [0.15, 0.2) is 41.4 Å². The van der Waals surface area contributed by atoms with Gasteiger partial charge in [-0.2, -0.15) is 0 Å². The zero-order valence-electron chi connectivity index (χ0n) is 15.8. The third-order valence-electron chi connectivity index (χ3n) is 4.81. The molecule has 2 heterocycles. The summed E-state index contributed by atoms with van der Waals surface area (Å²) < 4.78 is 5.84. The molecule has 5 nitrogen and oxygen atoms in total. The van der Waals surface area contributed by atoms with Crippen molar-refractivity contribution in [3.8, 4) is 0 Å². The molecule has 26 heavy (non-hydrogen) atoms. The topological polar surface area (TPSA) is 48.9 Å². The van der Waals surface area contributed by atoms with Crippen LogP contribution in [-0.2, 0) is 11.3 Å². The summed E-state index contributed by atoms with van der Waals surface area (Å²) in [5, 5.41) is 6.74. The molecule has 0 amide bonds. The Hall–Kier alpha value is -1.28. The maximum Gasteiger partial charge on any atom is 0.191 e. The molecule has 1 saturated heterocycles. The Balaban J connectivity index is 0.00000243. The van der Waals surface area contributed by atoms with Crippen molar-refractivity contribution in [2.24, 2.45) is 4.99 Å². The Bertz CT molecular complexity index is 601. The number of rotatable bonds is 6. The normalized spacial score (nSPS) is 22.4. The molecule has 1 aromatic carbocycles. The average molecular weight is 470 g/mol.